The van der Waals surface area contributed by atoms with Crippen molar-refractivity contribution in [1.82, 2.24) is 0 Å². The molecular weight excluding hydrogens is 837 g/mol. The summed E-state index contributed by atoms with van der Waals surface area (Å²) in [4.78, 5) is 25.5. The highest BCUT2D eigenvalue weighted by molar-refractivity contribution is 7.85. The Morgan fingerprint density at radius 3 is 1.41 bits per heavy atom. The molecule has 0 aromatic rings. The number of hydrogen-bond donors (Lipinski definition) is 4. The van der Waals surface area contributed by atoms with Crippen molar-refractivity contribution in [3.05, 3.63) is 72.9 Å². The molecule has 1 saturated heterocycles. The van der Waals surface area contributed by atoms with Crippen molar-refractivity contribution in [1.29, 1.82) is 0 Å². The molecule has 0 aromatic carbocycles. The molecule has 13 heteroatoms. The molecule has 0 aromatic heterocycles. The van der Waals surface area contributed by atoms with Gasteiger partial charge in [0.15, 0.2) is 12.4 Å². The van der Waals surface area contributed by atoms with Crippen LogP contribution in [0.15, 0.2) is 72.9 Å². The van der Waals surface area contributed by atoms with Crippen LogP contribution in [0.5, 0.6) is 0 Å². The monoisotopic (exact) mass is 923 g/mol. The van der Waals surface area contributed by atoms with Crippen molar-refractivity contribution < 1.29 is 56.8 Å². The average Bonchev–Trinajstić information content (AvgIpc) is 3.26. The van der Waals surface area contributed by atoms with Gasteiger partial charge in [0.25, 0.3) is 10.1 Å². The fraction of sp³-hybridized carbons (Fsp3) is 0.725. The molecule has 1 fully saturated rings. The number of ether oxygens (including phenoxy) is 4. The lowest BCUT2D eigenvalue weighted by atomic mass is 10.00. The van der Waals surface area contributed by atoms with Gasteiger partial charge < -0.3 is 34.3 Å². The van der Waals surface area contributed by atoms with Gasteiger partial charge in [-0.25, -0.2) is 0 Å². The number of esters is 2. The Bertz CT molecular complexity index is 1450. The van der Waals surface area contributed by atoms with Crippen molar-refractivity contribution in [2.24, 2.45) is 0 Å². The van der Waals surface area contributed by atoms with E-state index in [9.17, 15) is 37.9 Å². The van der Waals surface area contributed by atoms with E-state index in [4.69, 9.17) is 18.9 Å². The molecule has 0 amide bonds. The summed E-state index contributed by atoms with van der Waals surface area (Å²) in [6.07, 6.45) is 42.2. The van der Waals surface area contributed by atoms with Gasteiger partial charge in [-0.05, 0) is 89.9 Å². The van der Waals surface area contributed by atoms with E-state index in [1.54, 1.807) is 0 Å². The van der Waals surface area contributed by atoms with Crippen LogP contribution in [0.4, 0.5) is 0 Å². The van der Waals surface area contributed by atoms with Crippen molar-refractivity contribution in [3.8, 4) is 0 Å². The molecule has 0 spiro atoms. The Hall–Kier alpha value is -2.91. The van der Waals surface area contributed by atoms with Crippen molar-refractivity contribution in [2.45, 2.75) is 218 Å². The van der Waals surface area contributed by atoms with Gasteiger partial charge in [0, 0.05) is 12.8 Å². The van der Waals surface area contributed by atoms with Crippen LogP contribution in [0.25, 0.3) is 0 Å². The van der Waals surface area contributed by atoms with Crippen molar-refractivity contribution in [3.63, 3.8) is 0 Å². The molecule has 0 saturated carbocycles. The lowest BCUT2D eigenvalue weighted by Gasteiger charge is -2.40. The van der Waals surface area contributed by atoms with Crippen LogP contribution in [-0.4, -0.2) is 96.0 Å². The zero-order valence-electron chi connectivity index (χ0n) is 39.4. The minimum absolute atomic E-state index is 0.122. The zero-order chi connectivity index (χ0) is 46.9. The zero-order valence-corrected chi connectivity index (χ0v) is 40.2. The van der Waals surface area contributed by atoms with Gasteiger partial charge in [-0.1, -0.05) is 151 Å². The summed E-state index contributed by atoms with van der Waals surface area (Å²) < 4.78 is 54.1. The standard InChI is InChI=1S/C51H86O12S/c1-3-5-7-9-11-13-15-17-19-21-22-24-26-28-30-32-34-36-38-40-47(53)62-44(42-61-51-50(56)49(55)48(54)45(63-51)43-64(57,58)59)41-60-46(52)39-37-35-33-31-29-27-25-23-20-18-16-14-12-10-8-6-4-2/h11-14,17-20,22,24,28,30,44-45,48-51,54-56H,3-10,15-16,21,23,25-27,29,31-43H2,1-2H3,(H,57,58,59)/b13-11+,14-12+,19-17+,20-18+,24-22+,30-28+/t44-,45-,48-,49?,50?,51+/m1/s1. The number of allylic oxidation sites excluding steroid dienone is 12. The quantitative estimate of drug-likeness (QED) is 0.0198. The minimum atomic E-state index is -4.61. The van der Waals surface area contributed by atoms with Crippen molar-refractivity contribution in [2.75, 3.05) is 19.0 Å². The van der Waals surface area contributed by atoms with E-state index in [0.29, 0.717) is 12.8 Å². The molecule has 368 valence electrons. The summed E-state index contributed by atoms with van der Waals surface area (Å²) >= 11 is 0. The molecule has 6 atom stereocenters. The highest BCUT2D eigenvalue weighted by atomic mass is 32.2. The first kappa shape index (κ1) is 59.1. The fourth-order valence-corrected chi connectivity index (χ4v) is 7.62. The second-order valence-electron chi connectivity index (χ2n) is 16.8. The number of carbonyl (C=O) groups excluding carboxylic acids is 2. The van der Waals surface area contributed by atoms with Crippen LogP contribution in [0, 0.1) is 0 Å². The molecule has 2 unspecified atom stereocenters. The lowest BCUT2D eigenvalue weighted by Crippen LogP contribution is -2.60. The number of hydrogen-bond acceptors (Lipinski definition) is 11. The molecule has 4 N–H and O–H groups in total. The Balaban J connectivity index is 2.45. The topological polar surface area (TPSA) is 186 Å². The maximum atomic E-state index is 12.8. The highest BCUT2D eigenvalue weighted by Crippen LogP contribution is 2.24. The lowest BCUT2D eigenvalue weighted by molar-refractivity contribution is -0.297. The van der Waals surface area contributed by atoms with Gasteiger partial charge >= 0.3 is 11.9 Å². The van der Waals surface area contributed by atoms with Gasteiger partial charge in [-0.3, -0.25) is 14.1 Å². The third kappa shape index (κ3) is 34.4. The van der Waals surface area contributed by atoms with Crippen LogP contribution < -0.4 is 0 Å². The third-order valence-electron chi connectivity index (χ3n) is 10.8. The number of aliphatic hydroxyl groups excluding tert-OH is 3. The van der Waals surface area contributed by atoms with E-state index in [-0.39, 0.29) is 19.4 Å². The molecule has 12 nitrogen and oxygen atoms in total. The van der Waals surface area contributed by atoms with E-state index in [2.05, 4.69) is 86.8 Å². The molecule has 1 aliphatic heterocycles. The molecule has 1 rings (SSSR count). The Kier molecular flexibility index (Phi) is 37.3. The van der Waals surface area contributed by atoms with E-state index in [0.717, 1.165) is 83.5 Å². The second-order valence-corrected chi connectivity index (χ2v) is 18.3. The number of carbonyl (C=O) groups is 2. The normalized spacial score (nSPS) is 20.2. The Labute approximate surface area is 387 Å². The van der Waals surface area contributed by atoms with Crippen molar-refractivity contribution >= 4 is 22.1 Å². The van der Waals surface area contributed by atoms with Gasteiger partial charge in [-0.15, -0.1) is 0 Å². The summed E-state index contributed by atoms with van der Waals surface area (Å²) in [5.41, 5.74) is 0. The molecule has 0 bridgehead atoms. The smallest absolute Gasteiger partial charge is 0.306 e. The van der Waals surface area contributed by atoms with E-state index in [1.165, 1.54) is 57.8 Å². The molecule has 1 aliphatic rings. The highest BCUT2D eigenvalue weighted by Gasteiger charge is 2.46. The fourth-order valence-electron chi connectivity index (χ4n) is 6.92. The van der Waals surface area contributed by atoms with E-state index in [1.807, 2.05) is 0 Å². The first-order valence-corrected chi connectivity index (χ1v) is 26.1. The maximum absolute atomic E-state index is 12.8. The van der Waals surface area contributed by atoms with Crippen LogP contribution in [0.3, 0.4) is 0 Å². The summed E-state index contributed by atoms with van der Waals surface area (Å²) in [5.74, 6) is -2.04. The number of unbranched alkanes of at least 4 members (excludes halogenated alkanes) is 16. The molecular formula is C51H86O12S. The predicted octanol–water partition coefficient (Wildman–Crippen LogP) is 10.7. The number of aliphatic hydroxyl groups is 3. The molecule has 64 heavy (non-hydrogen) atoms. The number of rotatable bonds is 40. The minimum Gasteiger partial charge on any atom is -0.462 e. The summed E-state index contributed by atoms with van der Waals surface area (Å²) in [5, 5.41) is 30.9. The largest absolute Gasteiger partial charge is 0.462 e. The summed E-state index contributed by atoms with van der Waals surface area (Å²) in [7, 11) is -4.61. The van der Waals surface area contributed by atoms with Crippen LogP contribution >= 0.6 is 0 Å². The SMILES string of the molecule is CCCCC/C=C/C/C=C/C/C=C/C/C=C/CCCCCC(=O)O[C@H](COC(=O)CCCCCCCCC/C=C/C/C=C/CCCCC)CO[C@H]1O[C@H](CS(=O)(=O)O)[C@@H](O)C(O)C1O. The Morgan fingerprint density at radius 2 is 0.938 bits per heavy atom. The van der Waals surface area contributed by atoms with Gasteiger partial charge in [0.1, 0.15) is 36.8 Å². The predicted molar refractivity (Wildman–Crippen MR) is 256 cm³/mol. The van der Waals surface area contributed by atoms with Crippen LogP contribution in [0.1, 0.15) is 181 Å². The average molecular weight is 923 g/mol. The first-order chi connectivity index (χ1) is 31.0. The second kappa shape index (κ2) is 40.4. The van der Waals surface area contributed by atoms with Gasteiger partial charge in [0.2, 0.25) is 0 Å². The molecule has 0 radical (unpaired) electrons. The third-order valence-corrected chi connectivity index (χ3v) is 11.5. The Morgan fingerprint density at radius 1 is 0.531 bits per heavy atom. The summed E-state index contributed by atoms with van der Waals surface area (Å²) in [6.45, 7) is 3.68. The molecule has 1 heterocycles. The summed E-state index contributed by atoms with van der Waals surface area (Å²) in [6, 6.07) is 0. The maximum Gasteiger partial charge on any atom is 0.306 e. The van der Waals surface area contributed by atoms with E-state index < -0.39 is 71.2 Å². The van der Waals surface area contributed by atoms with E-state index >= 15 is 0 Å². The van der Waals surface area contributed by atoms with Gasteiger partial charge in [0.05, 0.1) is 6.61 Å². The van der Waals surface area contributed by atoms with Gasteiger partial charge in [-0.2, -0.15) is 8.42 Å². The first-order valence-electron chi connectivity index (χ1n) is 24.5. The van der Waals surface area contributed by atoms with Crippen LogP contribution in [0.2, 0.25) is 0 Å². The molecule has 0 aliphatic carbocycles. The van der Waals surface area contributed by atoms with Crippen LogP contribution in [-0.2, 0) is 38.7 Å².